The number of hydrogen-bond donors (Lipinski definition) is 2. The van der Waals surface area contributed by atoms with E-state index in [9.17, 15) is 9.59 Å². The summed E-state index contributed by atoms with van der Waals surface area (Å²) in [5.74, 6) is 0.515. The molecule has 1 aromatic carbocycles. The number of benzene rings is 1. The van der Waals surface area contributed by atoms with Crippen LogP contribution in [0, 0.1) is 0 Å². The molecule has 0 spiro atoms. The first-order valence-electron chi connectivity index (χ1n) is 10.0. The fourth-order valence-electron chi connectivity index (χ4n) is 2.85. The largest absolute Gasteiger partial charge is 0.376 e. The molecule has 1 fully saturated rings. The molecule has 9 heteroatoms. The van der Waals surface area contributed by atoms with Crippen molar-refractivity contribution < 1.29 is 14.3 Å². The highest BCUT2D eigenvalue weighted by Gasteiger charge is 2.15. The molecule has 0 saturated carbocycles. The van der Waals surface area contributed by atoms with Crippen molar-refractivity contribution in [3.63, 3.8) is 0 Å². The van der Waals surface area contributed by atoms with Gasteiger partial charge in [0.05, 0.1) is 19.2 Å². The van der Waals surface area contributed by atoms with E-state index >= 15 is 0 Å². The molecule has 30 heavy (non-hydrogen) atoms. The van der Waals surface area contributed by atoms with Crippen LogP contribution in [0.5, 0.6) is 0 Å². The molecule has 168 valence electrons. The molecule has 1 aromatic rings. The molecule has 0 radical (unpaired) electrons. The molecular weight excluding hydrogens is 497 g/mol. The topological polar surface area (TPSA) is 86.3 Å². The van der Waals surface area contributed by atoms with E-state index in [4.69, 9.17) is 4.74 Å². The van der Waals surface area contributed by atoms with E-state index in [1.54, 1.807) is 45.2 Å². The number of carbonyl (C=O) groups is 2. The number of guanidine groups is 1. The third-order valence-corrected chi connectivity index (χ3v) is 4.70. The van der Waals surface area contributed by atoms with Gasteiger partial charge in [-0.05, 0) is 37.0 Å². The normalized spacial score (nSPS) is 16.3. The molecule has 1 heterocycles. The average Bonchev–Trinajstić information content (AvgIpc) is 2.73. The highest BCUT2D eigenvalue weighted by molar-refractivity contribution is 14.0. The lowest BCUT2D eigenvalue weighted by molar-refractivity contribution is -0.127. The Balaban J connectivity index is 0.00000450. The van der Waals surface area contributed by atoms with Crippen LogP contribution < -0.4 is 10.6 Å². The number of aliphatic imine (C=N–C) groups is 1. The summed E-state index contributed by atoms with van der Waals surface area (Å²) in [5.41, 5.74) is 1.62. The summed E-state index contributed by atoms with van der Waals surface area (Å²) >= 11 is 0. The Bertz CT molecular complexity index is 701. The minimum atomic E-state index is -0.0289. The van der Waals surface area contributed by atoms with E-state index in [0.717, 1.165) is 25.0 Å². The number of nitrogens with zero attached hydrogens (tertiary/aromatic N) is 3. The highest BCUT2D eigenvalue weighted by atomic mass is 127. The van der Waals surface area contributed by atoms with Crippen molar-refractivity contribution in [2.24, 2.45) is 4.99 Å². The highest BCUT2D eigenvalue weighted by Crippen LogP contribution is 2.11. The maximum Gasteiger partial charge on any atom is 0.253 e. The first kappa shape index (κ1) is 26.2. The summed E-state index contributed by atoms with van der Waals surface area (Å²) in [7, 11) is 6.91. The molecule has 1 aliphatic rings. The zero-order valence-corrected chi connectivity index (χ0v) is 20.6. The maximum absolute atomic E-state index is 12.0. The monoisotopic (exact) mass is 531 g/mol. The summed E-state index contributed by atoms with van der Waals surface area (Å²) in [6.07, 6.45) is 3.47. The SMILES string of the molecule is CN(C)C(=O)CNC(=NCc1ccc(C(=O)N(C)C)cc1)NCC1CCCCO1.I. The average molecular weight is 531 g/mol. The Labute approximate surface area is 196 Å². The van der Waals surface area contributed by atoms with Gasteiger partial charge in [-0.2, -0.15) is 0 Å². The van der Waals surface area contributed by atoms with Crippen LogP contribution in [0.25, 0.3) is 0 Å². The van der Waals surface area contributed by atoms with Crippen molar-refractivity contribution in [2.45, 2.75) is 31.9 Å². The van der Waals surface area contributed by atoms with E-state index in [1.807, 2.05) is 12.1 Å². The quantitative estimate of drug-likeness (QED) is 0.318. The second-order valence-electron chi connectivity index (χ2n) is 7.57. The van der Waals surface area contributed by atoms with Crippen LogP contribution in [0.1, 0.15) is 35.2 Å². The standard InChI is InChI=1S/C21H33N5O3.HI/c1-25(2)19(27)15-24-21(23-14-18-7-5-6-12-29-18)22-13-16-8-10-17(11-9-16)20(28)26(3)4;/h8-11,18H,5-7,12-15H2,1-4H3,(H2,22,23,24);1H. The summed E-state index contributed by atoms with van der Waals surface area (Å²) in [5, 5.41) is 6.37. The smallest absolute Gasteiger partial charge is 0.253 e. The van der Waals surface area contributed by atoms with Crippen molar-refractivity contribution in [1.82, 2.24) is 20.4 Å². The molecule has 0 bridgehead atoms. The minimum absolute atomic E-state index is 0. The Morgan fingerprint density at radius 3 is 2.33 bits per heavy atom. The molecule has 0 aliphatic carbocycles. The van der Waals surface area contributed by atoms with E-state index in [-0.39, 0.29) is 48.4 Å². The number of amides is 2. The van der Waals surface area contributed by atoms with Crippen LogP contribution in [0.2, 0.25) is 0 Å². The predicted molar refractivity (Wildman–Crippen MR) is 129 cm³/mol. The van der Waals surface area contributed by atoms with Gasteiger partial charge in [0.15, 0.2) is 5.96 Å². The maximum atomic E-state index is 12.0. The lowest BCUT2D eigenvalue weighted by Gasteiger charge is -2.24. The van der Waals surface area contributed by atoms with Gasteiger partial charge in [-0.3, -0.25) is 9.59 Å². The van der Waals surface area contributed by atoms with E-state index in [0.29, 0.717) is 24.6 Å². The van der Waals surface area contributed by atoms with Gasteiger partial charge in [0.1, 0.15) is 0 Å². The third kappa shape index (κ3) is 8.86. The van der Waals surface area contributed by atoms with Crippen LogP contribution in [0.15, 0.2) is 29.3 Å². The summed E-state index contributed by atoms with van der Waals surface area (Å²) in [4.78, 5) is 31.6. The second kappa shape index (κ2) is 13.4. The third-order valence-electron chi connectivity index (χ3n) is 4.70. The van der Waals surface area contributed by atoms with Crippen LogP contribution in [-0.4, -0.2) is 81.6 Å². The van der Waals surface area contributed by atoms with Crippen LogP contribution in [0.4, 0.5) is 0 Å². The molecule has 1 unspecified atom stereocenters. The molecule has 1 saturated heterocycles. The van der Waals surface area contributed by atoms with Crippen molar-refractivity contribution >= 4 is 41.8 Å². The molecular formula is C21H34IN5O3. The minimum Gasteiger partial charge on any atom is -0.376 e. The van der Waals surface area contributed by atoms with Crippen molar-refractivity contribution in [3.05, 3.63) is 35.4 Å². The van der Waals surface area contributed by atoms with E-state index in [2.05, 4.69) is 15.6 Å². The second-order valence-corrected chi connectivity index (χ2v) is 7.57. The number of nitrogens with one attached hydrogen (secondary N) is 2. The summed E-state index contributed by atoms with van der Waals surface area (Å²) in [6.45, 7) is 2.05. The lowest BCUT2D eigenvalue weighted by Crippen LogP contribution is -2.45. The number of rotatable bonds is 7. The van der Waals surface area contributed by atoms with Gasteiger partial charge in [-0.15, -0.1) is 24.0 Å². The van der Waals surface area contributed by atoms with Crippen molar-refractivity contribution in [2.75, 3.05) is 47.9 Å². The van der Waals surface area contributed by atoms with Gasteiger partial charge in [-0.1, -0.05) is 12.1 Å². The first-order chi connectivity index (χ1) is 13.9. The molecule has 1 aliphatic heterocycles. The molecule has 2 rings (SSSR count). The number of carbonyl (C=O) groups excluding carboxylic acids is 2. The fourth-order valence-corrected chi connectivity index (χ4v) is 2.85. The first-order valence-corrected chi connectivity index (χ1v) is 10.0. The summed E-state index contributed by atoms with van der Waals surface area (Å²) < 4.78 is 5.75. The Hall–Kier alpha value is -1.88. The molecule has 2 amide bonds. The number of halogens is 1. The predicted octanol–water partition coefficient (Wildman–Crippen LogP) is 1.70. The number of hydrogen-bond acceptors (Lipinski definition) is 4. The van der Waals surface area contributed by atoms with E-state index in [1.165, 1.54) is 11.3 Å². The zero-order chi connectivity index (χ0) is 21.2. The number of likely N-dealkylation sites (N-methyl/N-ethyl adjacent to an activating group) is 1. The van der Waals surface area contributed by atoms with Gasteiger partial charge in [-0.25, -0.2) is 4.99 Å². The van der Waals surface area contributed by atoms with E-state index < -0.39 is 0 Å². The number of ether oxygens (including phenoxy) is 1. The fraction of sp³-hybridized carbons (Fsp3) is 0.571. The molecule has 8 nitrogen and oxygen atoms in total. The molecule has 2 N–H and O–H groups in total. The van der Waals surface area contributed by atoms with Crippen LogP contribution >= 0.6 is 24.0 Å². The Morgan fingerprint density at radius 2 is 1.77 bits per heavy atom. The summed E-state index contributed by atoms with van der Waals surface area (Å²) in [6, 6.07) is 7.40. The molecule has 0 aromatic heterocycles. The van der Waals surface area contributed by atoms with Gasteiger partial charge in [0.2, 0.25) is 5.91 Å². The van der Waals surface area contributed by atoms with Gasteiger partial charge < -0.3 is 25.2 Å². The Morgan fingerprint density at radius 1 is 1.07 bits per heavy atom. The van der Waals surface area contributed by atoms with Crippen molar-refractivity contribution in [1.29, 1.82) is 0 Å². The van der Waals surface area contributed by atoms with Crippen LogP contribution in [0.3, 0.4) is 0 Å². The van der Waals surface area contributed by atoms with Gasteiger partial charge in [0, 0.05) is 46.9 Å². The van der Waals surface area contributed by atoms with Crippen LogP contribution in [-0.2, 0) is 16.1 Å². The zero-order valence-electron chi connectivity index (χ0n) is 18.3. The Kier molecular flexibility index (Phi) is 11.7. The van der Waals surface area contributed by atoms with Gasteiger partial charge >= 0.3 is 0 Å². The van der Waals surface area contributed by atoms with Gasteiger partial charge in [0.25, 0.3) is 5.91 Å². The van der Waals surface area contributed by atoms with Crippen molar-refractivity contribution in [3.8, 4) is 0 Å². The lowest BCUT2D eigenvalue weighted by atomic mass is 10.1. The molecule has 1 atom stereocenters.